The summed E-state index contributed by atoms with van der Waals surface area (Å²) in [5.74, 6) is 0.595. The molecule has 1 aliphatic heterocycles. The van der Waals surface area contributed by atoms with Gasteiger partial charge < -0.3 is 9.47 Å². The normalized spacial score (nSPS) is 17.7. The van der Waals surface area contributed by atoms with Crippen LogP contribution in [-0.2, 0) is 9.53 Å². The van der Waals surface area contributed by atoms with Crippen LogP contribution in [0.15, 0.2) is 6.08 Å². The van der Waals surface area contributed by atoms with Crippen molar-refractivity contribution in [3.05, 3.63) is 11.8 Å². The van der Waals surface area contributed by atoms with Gasteiger partial charge in [0.05, 0.1) is 31.9 Å². The first-order valence-corrected chi connectivity index (χ1v) is 15.4. The maximum atomic E-state index is 12.4. The Bertz CT molecular complexity index is 752. The molecule has 2 heterocycles. The van der Waals surface area contributed by atoms with Gasteiger partial charge >= 0.3 is 5.97 Å². The topological polar surface area (TPSA) is 61.3 Å². The van der Waals surface area contributed by atoms with Crippen LogP contribution in [0.4, 0.5) is 0 Å². The van der Waals surface area contributed by atoms with Crippen molar-refractivity contribution in [2.75, 3.05) is 33.5 Å². The number of likely N-dealkylation sites (N-methyl/N-ethyl adjacent to an activating group) is 1. The molecule has 1 atom stereocenters. The number of carbonyl (C=O) groups is 1. The van der Waals surface area contributed by atoms with Gasteiger partial charge in [0, 0.05) is 18.4 Å². The molecule has 1 unspecified atom stereocenters. The summed E-state index contributed by atoms with van der Waals surface area (Å²) in [6.07, 6.45) is 22.6. The average molecular weight is 523 g/mol. The van der Waals surface area contributed by atoms with Gasteiger partial charge in [-0.05, 0) is 12.8 Å². The first-order chi connectivity index (χ1) is 17.6. The summed E-state index contributed by atoms with van der Waals surface area (Å²) < 4.78 is 21.3. The molecule has 206 valence electrons. The zero-order valence-electron chi connectivity index (χ0n) is 23.4. The lowest BCUT2D eigenvalue weighted by molar-refractivity contribution is -0.919. The number of esters is 1. The van der Waals surface area contributed by atoms with Crippen LogP contribution in [0.1, 0.15) is 129 Å². The van der Waals surface area contributed by atoms with Gasteiger partial charge in [-0.1, -0.05) is 103 Å². The lowest BCUT2D eigenvalue weighted by Gasteiger charge is -2.36. The molecule has 1 aromatic rings. The van der Waals surface area contributed by atoms with Crippen LogP contribution in [0.3, 0.4) is 0 Å². The van der Waals surface area contributed by atoms with Gasteiger partial charge in [-0.3, -0.25) is 9.28 Å². The van der Waals surface area contributed by atoms with E-state index < -0.39 is 0 Å². The van der Waals surface area contributed by atoms with Gasteiger partial charge in [-0.15, -0.1) is 4.37 Å². The third-order valence-electron chi connectivity index (χ3n) is 7.13. The highest BCUT2D eigenvalue weighted by atomic mass is 32.1. The fourth-order valence-corrected chi connectivity index (χ4v) is 5.32. The Kier molecular flexibility index (Phi) is 16.0. The second-order valence-corrected chi connectivity index (χ2v) is 11.3. The smallest absolute Gasteiger partial charge is 0.310 e. The SMILES string of the molecule is CCCCCCCCCCCCCC(=O)OC[N+]1(C)CCC=C(c2nsnc2OCCCCCC)C1. The van der Waals surface area contributed by atoms with Crippen LogP contribution in [0, 0.1) is 0 Å². The van der Waals surface area contributed by atoms with E-state index in [2.05, 4.69) is 35.7 Å². The molecular formula is C29H52N3O3S+. The Hall–Kier alpha value is -1.47. The van der Waals surface area contributed by atoms with Gasteiger partial charge in [0.25, 0.3) is 5.88 Å². The van der Waals surface area contributed by atoms with Crippen molar-refractivity contribution < 1.29 is 18.8 Å². The Balaban J connectivity index is 1.61. The number of quaternary nitrogens is 1. The first-order valence-electron chi connectivity index (χ1n) is 14.7. The molecule has 0 aromatic carbocycles. The predicted molar refractivity (Wildman–Crippen MR) is 150 cm³/mol. The van der Waals surface area contributed by atoms with Gasteiger partial charge in [-0.2, -0.15) is 4.37 Å². The van der Waals surface area contributed by atoms with Crippen LogP contribution < -0.4 is 4.74 Å². The molecule has 36 heavy (non-hydrogen) atoms. The van der Waals surface area contributed by atoms with E-state index in [0.29, 0.717) is 30.1 Å². The second-order valence-electron chi connectivity index (χ2n) is 10.8. The van der Waals surface area contributed by atoms with E-state index in [1.165, 1.54) is 88.8 Å². The van der Waals surface area contributed by atoms with Gasteiger partial charge in [0.15, 0.2) is 0 Å². The molecule has 0 N–H and O–H groups in total. The molecule has 0 saturated carbocycles. The standard InChI is InChI=1S/C29H52N3O3S/c1-4-6-8-10-11-12-13-14-15-16-17-21-27(33)35-25-32(3)22-19-20-26(24-32)28-29(31-36-30-28)34-23-18-9-7-5-2/h20H,4-19,21-25H2,1-3H3/q+1. The van der Waals surface area contributed by atoms with Crippen molar-refractivity contribution in [2.24, 2.45) is 0 Å². The summed E-state index contributed by atoms with van der Waals surface area (Å²) >= 11 is 1.21. The van der Waals surface area contributed by atoms with Crippen LogP contribution >= 0.6 is 11.7 Å². The van der Waals surface area contributed by atoms with Gasteiger partial charge in [0.2, 0.25) is 6.73 Å². The number of carbonyl (C=O) groups excluding carboxylic acids is 1. The minimum Gasteiger partial charge on any atom is -0.475 e. The molecule has 2 rings (SSSR count). The van der Waals surface area contributed by atoms with E-state index >= 15 is 0 Å². The van der Waals surface area contributed by atoms with Crippen molar-refractivity contribution in [1.29, 1.82) is 0 Å². The average Bonchev–Trinajstić information content (AvgIpc) is 3.35. The first kappa shape index (κ1) is 30.8. The number of rotatable bonds is 21. The third-order valence-corrected chi connectivity index (χ3v) is 7.64. The minimum absolute atomic E-state index is 0.0622. The number of hydrogen-bond donors (Lipinski definition) is 0. The molecule has 0 fully saturated rings. The van der Waals surface area contributed by atoms with E-state index in [4.69, 9.17) is 9.47 Å². The summed E-state index contributed by atoms with van der Waals surface area (Å²) in [7, 11) is 2.16. The molecule has 0 saturated heterocycles. The van der Waals surface area contributed by atoms with E-state index in [0.717, 1.165) is 50.0 Å². The largest absolute Gasteiger partial charge is 0.475 e. The molecular weight excluding hydrogens is 470 g/mol. The summed E-state index contributed by atoms with van der Waals surface area (Å²) in [5.41, 5.74) is 2.02. The summed E-state index contributed by atoms with van der Waals surface area (Å²) in [6, 6.07) is 0. The third kappa shape index (κ3) is 12.7. The Labute approximate surface area is 224 Å². The lowest BCUT2D eigenvalue weighted by atomic mass is 10.1. The zero-order chi connectivity index (χ0) is 25.9. The molecule has 1 aromatic heterocycles. The van der Waals surface area contributed by atoms with Crippen molar-refractivity contribution in [3.63, 3.8) is 0 Å². The second kappa shape index (κ2) is 18.7. The van der Waals surface area contributed by atoms with Crippen molar-refractivity contribution in [3.8, 4) is 5.88 Å². The monoisotopic (exact) mass is 522 g/mol. The van der Waals surface area contributed by atoms with Crippen LogP contribution in [0.5, 0.6) is 5.88 Å². The fourth-order valence-electron chi connectivity index (χ4n) is 4.79. The summed E-state index contributed by atoms with van der Waals surface area (Å²) in [5, 5.41) is 0. The zero-order valence-corrected chi connectivity index (χ0v) is 24.2. The van der Waals surface area contributed by atoms with E-state index in [1.807, 2.05) is 0 Å². The molecule has 0 radical (unpaired) electrons. The molecule has 0 spiro atoms. The van der Waals surface area contributed by atoms with Crippen molar-refractivity contribution >= 4 is 23.3 Å². The lowest BCUT2D eigenvalue weighted by Crippen LogP contribution is -2.49. The van der Waals surface area contributed by atoms with E-state index in [9.17, 15) is 4.79 Å². The number of unbranched alkanes of at least 4 members (excludes halogenated alkanes) is 13. The molecule has 0 amide bonds. The number of ether oxygens (including phenoxy) is 2. The fraction of sp³-hybridized carbons (Fsp3) is 0.828. The molecule has 0 bridgehead atoms. The highest BCUT2D eigenvalue weighted by molar-refractivity contribution is 6.99. The van der Waals surface area contributed by atoms with Crippen LogP contribution in [0.2, 0.25) is 0 Å². The molecule has 7 heteroatoms. The maximum absolute atomic E-state index is 12.4. The minimum atomic E-state index is -0.0622. The molecule has 6 nitrogen and oxygen atoms in total. The van der Waals surface area contributed by atoms with Crippen molar-refractivity contribution in [2.45, 2.75) is 123 Å². The summed E-state index contributed by atoms with van der Waals surface area (Å²) in [4.78, 5) is 12.4. The van der Waals surface area contributed by atoms with Crippen molar-refractivity contribution in [1.82, 2.24) is 8.75 Å². The van der Waals surface area contributed by atoms with Crippen LogP contribution in [-0.4, -0.2) is 52.7 Å². The summed E-state index contributed by atoms with van der Waals surface area (Å²) in [6.45, 7) is 7.32. The predicted octanol–water partition coefficient (Wildman–Crippen LogP) is 7.93. The number of hydrogen-bond acceptors (Lipinski definition) is 6. The quantitative estimate of drug-likeness (QED) is 0.0932. The van der Waals surface area contributed by atoms with E-state index in [-0.39, 0.29) is 5.97 Å². The Morgan fingerprint density at radius 3 is 2.17 bits per heavy atom. The maximum Gasteiger partial charge on any atom is 0.310 e. The van der Waals surface area contributed by atoms with E-state index in [1.54, 1.807) is 0 Å². The van der Waals surface area contributed by atoms with Crippen LogP contribution in [0.25, 0.3) is 5.57 Å². The highest BCUT2D eigenvalue weighted by Crippen LogP contribution is 2.30. The Morgan fingerprint density at radius 1 is 0.889 bits per heavy atom. The Morgan fingerprint density at radius 2 is 1.50 bits per heavy atom. The molecule has 1 aliphatic rings. The highest BCUT2D eigenvalue weighted by Gasteiger charge is 2.31. The number of aromatic nitrogens is 2. The molecule has 0 aliphatic carbocycles. The number of nitrogens with zero attached hydrogens (tertiary/aromatic N) is 3. The van der Waals surface area contributed by atoms with Gasteiger partial charge in [-0.25, -0.2) is 0 Å². The van der Waals surface area contributed by atoms with Gasteiger partial charge in [0.1, 0.15) is 12.2 Å².